The monoisotopic (exact) mass is 323 g/mol. The van der Waals surface area contributed by atoms with Crippen LogP contribution in [0.1, 0.15) is 6.92 Å². The topological polar surface area (TPSA) is 110 Å². The van der Waals surface area contributed by atoms with E-state index >= 15 is 0 Å². The van der Waals surface area contributed by atoms with E-state index < -0.39 is 9.84 Å². The zero-order valence-electron chi connectivity index (χ0n) is 9.44. The van der Waals surface area contributed by atoms with Crippen LogP contribution in [0.3, 0.4) is 0 Å². The zero-order chi connectivity index (χ0) is 13.1. The first-order valence-corrected chi connectivity index (χ1v) is 7.60. The highest BCUT2D eigenvalue weighted by atomic mass is 79.9. The number of nitrogen functional groups attached to an aromatic ring is 1. The van der Waals surface area contributed by atoms with E-state index in [-0.39, 0.29) is 11.8 Å². The molecule has 1 aromatic heterocycles. The fourth-order valence-electron chi connectivity index (χ4n) is 1.30. The van der Waals surface area contributed by atoms with Gasteiger partial charge in [0.25, 0.3) is 0 Å². The number of nitrogens with zero attached hydrogens (tertiary/aromatic N) is 2. The molecule has 7 nitrogen and oxygen atoms in total. The molecular weight excluding hydrogens is 310 g/mol. The number of anilines is 2. The zero-order valence-corrected chi connectivity index (χ0v) is 11.8. The molecule has 1 atom stereocenters. The van der Waals surface area contributed by atoms with Crippen LogP contribution in [0.4, 0.5) is 11.6 Å². The molecule has 1 unspecified atom stereocenters. The van der Waals surface area contributed by atoms with Crippen LogP contribution in [0.15, 0.2) is 10.8 Å². The summed E-state index contributed by atoms with van der Waals surface area (Å²) < 4.78 is 22.8. The third kappa shape index (κ3) is 4.44. The first-order valence-electron chi connectivity index (χ1n) is 4.75. The lowest BCUT2D eigenvalue weighted by Crippen LogP contribution is -2.26. The van der Waals surface area contributed by atoms with Crippen molar-refractivity contribution >= 4 is 37.4 Å². The van der Waals surface area contributed by atoms with Crippen molar-refractivity contribution in [3.05, 3.63) is 10.8 Å². The van der Waals surface area contributed by atoms with Gasteiger partial charge in [0.05, 0.1) is 5.75 Å². The van der Waals surface area contributed by atoms with E-state index in [0.29, 0.717) is 16.1 Å². The summed E-state index contributed by atoms with van der Waals surface area (Å²) in [6.07, 6.45) is 2.52. The number of rotatable bonds is 5. The van der Waals surface area contributed by atoms with Crippen LogP contribution in [0.25, 0.3) is 0 Å². The summed E-state index contributed by atoms with van der Waals surface area (Å²) in [4.78, 5) is 7.88. The summed E-state index contributed by atoms with van der Waals surface area (Å²) in [5.74, 6) is 6.20. The van der Waals surface area contributed by atoms with E-state index in [9.17, 15) is 8.42 Å². The normalized spacial score (nSPS) is 13.2. The van der Waals surface area contributed by atoms with Crippen LogP contribution in [0.2, 0.25) is 0 Å². The third-order valence-electron chi connectivity index (χ3n) is 1.86. The average molecular weight is 324 g/mol. The van der Waals surface area contributed by atoms with Crippen molar-refractivity contribution in [3.8, 4) is 0 Å². The minimum atomic E-state index is -3.03. The molecule has 1 rings (SSSR count). The smallest absolute Gasteiger partial charge is 0.159 e. The molecule has 0 aliphatic rings. The second-order valence-electron chi connectivity index (χ2n) is 3.67. The van der Waals surface area contributed by atoms with Gasteiger partial charge >= 0.3 is 0 Å². The Balaban J connectivity index is 2.82. The quantitative estimate of drug-likeness (QED) is 0.530. The lowest BCUT2D eigenvalue weighted by atomic mass is 10.4. The molecule has 0 aliphatic heterocycles. The number of aromatic nitrogens is 2. The first kappa shape index (κ1) is 14.1. The second-order valence-corrected chi connectivity index (χ2v) is 6.64. The summed E-state index contributed by atoms with van der Waals surface area (Å²) in [7, 11) is -3.03. The number of hydrogen-bond donors (Lipinski definition) is 3. The van der Waals surface area contributed by atoms with Gasteiger partial charge in [-0.05, 0) is 22.9 Å². The van der Waals surface area contributed by atoms with Crippen molar-refractivity contribution in [2.45, 2.75) is 13.0 Å². The molecule has 1 heterocycles. The third-order valence-corrected chi connectivity index (χ3v) is 3.72. The molecule has 96 valence electrons. The highest BCUT2D eigenvalue weighted by Gasteiger charge is 2.14. The van der Waals surface area contributed by atoms with Crippen molar-refractivity contribution in [2.24, 2.45) is 5.84 Å². The Kier molecular flexibility index (Phi) is 4.66. The molecule has 0 fully saturated rings. The second kappa shape index (κ2) is 5.61. The van der Waals surface area contributed by atoms with Crippen molar-refractivity contribution in [3.63, 3.8) is 0 Å². The van der Waals surface area contributed by atoms with Gasteiger partial charge in [-0.3, -0.25) is 0 Å². The minimum Gasteiger partial charge on any atom is -0.365 e. The van der Waals surface area contributed by atoms with Crippen LogP contribution in [-0.4, -0.2) is 36.4 Å². The van der Waals surface area contributed by atoms with Crippen molar-refractivity contribution in [2.75, 3.05) is 22.8 Å². The molecule has 0 saturated carbocycles. The Morgan fingerprint density at radius 2 is 2.06 bits per heavy atom. The molecule has 9 heteroatoms. The molecule has 0 aliphatic carbocycles. The van der Waals surface area contributed by atoms with Crippen molar-refractivity contribution < 1.29 is 8.42 Å². The number of hydrogen-bond acceptors (Lipinski definition) is 7. The van der Waals surface area contributed by atoms with E-state index in [1.165, 1.54) is 12.6 Å². The van der Waals surface area contributed by atoms with E-state index in [0.717, 1.165) is 0 Å². The Morgan fingerprint density at radius 3 is 2.59 bits per heavy atom. The highest BCUT2D eigenvalue weighted by Crippen LogP contribution is 2.26. The Morgan fingerprint density at radius 1 is 1.47 bits per heavy atom. The van der Waals surface area contributed by atoms with E-state index in [4.69, 9.17) is 5.84 Å². The maximum atomic E-state index is 11.1. The lowest BCUT2D eigenvalue weighted by Gasteiger charge is -2.15. The maximum Gasteiger partial charge on any atom is 0.159 e. The molecule has 0 spiro atoms. The van der Waals surface area contributed by atoms with E-state index in [1.807, 2.05) is 0 Å². The summed E-state index contributed by atoms with van der Waals surface area (Å²) in [6, 6.07) is -0.262. The van der Waals surface area contributed by atoms with Crippen LogP contribution in [0, 0.1) is 0 Å². The number of hydrazine groups is 1. The van der Waals surface area contributed by atoms with Crippen molar-refractivity contribution in [1.29, 1.82) is 0 Å². The summed E-state index contributed by atoms with van der Waals surface area (Å²) in [6.45, 7) is 1.76. The fourth-order valence-corrected chi connectivity index (χ4v) is 2.73. The molecule has 1 aromatic rings. The minimum absolute atomic E-state index is 0.0226. The molecule has 4 N–H and O–H groups in total. The van der Waals surface area contributed by atoms with E-state index in [1.54, 1.807) is 6.92 Å². The molecule has 0 saturated heterocycles. The van der Waals surface area contributed by atoms with Gasteiger partial charge in [0.2, 0.25) is 0 Å². The molecule has 0 radical (unpaired) electrons. The van der Waals surface area contributed by atoms with Gasteiger partial charge in [0, 0.05) is 12.3 Å². The van der Waals surface area contributed by atoms with Crippen LogP contribution in [0.5, 0.6) is 0 Å². The number of halogens is 1. The Bertz CT molecular complexity index is 493. The summed E-state index contributed by atoms with van der Waals surface area (Å²) >= 11 is 3.27. The Labute approximate surface area is 108 Å². The van der Waals surface area contributed by atoms with Crippen molar-refractivity contribution in [1.82, 2.24) is 9.97 Å². The van der Waals surface area contributed by atoms with Gasteiger partial charge in [-0.25, -0.2) is 24.2 Å². The predicted molar refractivity (Wildman–Crippen MR) is 70.3 cm³/mol. The average Bonchev–Trinajstić information content (AvgIpc) is 2.18. The van der Waals surface area contributed by atoms with Crippen LogP contribution < -0.4 is 16.6 Å². The highest BCUT2D eigenvalue weighted by molar-refractivity contribution is 9.10. The Hall–Kier alpha value is -0.930. The molecule has 0 bridgehead atoms. The van der Waals surface area contributed by atoms with Gasteiger partial charge < -0.3 is 10.7 Å². The number of sulfone groups is 1. The van der Waals surface area contributed by atoms with Crippen LogP contribution in [-0.2, 0) is 9.84 Å². The number of nitrogens with two attached hydrogens (primary N) is 1. The van der Waals surface area contributed by atoms with Gasteiger partial charge in [-0.15, -0.1) is 0 Å². The fraction of sp³-hybridized carbons (Fsp3) is 0.500. The number of nitrogens with one attached hydrogen (secondary N) is 2. The largest absolute Gasteiger partial charge is 0.365 e. The van der Waals surface area contributed by atoms with Gasteiger partial charge in [0.1, 0.15) is 26.5 Å². The molecule has 17 heavy (non-hydrogen) atoms. The standard InChI is InChI=1S/C8H14BrN5O2S/c1-5(3-17(2,15)16)13-7-6(9)8(14-10)12-4-11-7/h4-5H,3,10H2,1-2H3,(H2,11,12,13,14). The van der Waals surface area contributed by atoms with E-state index in [2.05, 4.69) is 36.6 Å². The molecule has 0 aromatic carbocycles. The molecule has 0 amide bonds. The first-order chi connectivity index (χ1) is 7.83. The van der Waals surface area contributed by atoms with Gasteiger partial charge in [0.15, 0.2) is 5.82 Å². The molecular formula is C8H14BrN5O2S. The summed E-state index contributed by atoms with van der Waals surface area (Å²) in [5.41, 5.74) is 2.40. The summed E-state index contributed by atoms with van der Waals surface area (Å²) in [5, 5.41) is 2.97. The van der Waals surface area contributed by atoms with Gasteiger partial charge in [-0.2, -0.15) is 0 Å². The predicted octanol–water partition coefficient (Wildman–Crippen LogP) is 0.370. The van der Waals surface area contributed by atoms with Crippen LogP contribution >= 0.6 is 15.9 Å². The maximum absolute atomic E-state index is 11.1. The SMILES string of the molecule is CC(CS(C)(=O)=O)Nc1ncnc(NN)c1Br. The lowest BCUT2D eigenvalue weighted by molar-refractivity contribution is 0.598. The van der Waals surface area contributed by atoms with Gasteiger partial charge in [-0.1, -0.05) is 0 Å².